The number of rotatable bonds is 1. The molecule has 0 saturated carbocycles. The van der Waals surface area contributed by atoms with E-state index < -0.39 is 11.6 Å². The fourth-order valence-electron chi connectivity index (χ4n) is 2.07. The molecule has 0 spiro atoms. The Kier molecular flexibility index (Phi) is 2.80. The van der Waals surface area contributed by atoms with Gasteiger partial charge in [0.1, 0.15) is 17.5 Å². The minimum atomic E-state index is -0.651. The highest BCUT2D eigenvalue weighted by molar-refractivity contribution is 6.30. The monoisotopic (exact) mass is 269 g/mol. The Morgan fingerprint density at radius 2 is 2.00 bits per heavy atom. The predicted molar refractivity (Wildman–Crippen MR) is 65.8 cm³/mol. The van der Waals surface area contributed by atoms with Gasteiger partial charge in [-0.05, 0) is 17.7 Å². The Bertz CT molecular complexity index is 581. The topological polar surface area (TPSA) is 36.4 Å². The molecule has 2 N–H and O–H groups in total. The van der Waals surface area contributed by atoms with Gasteiger partial charge in [-0.1, -0.05) is 11.6 Å². The average Bonchev–Trinajstić information content (AvgIpc) is 2.80. The van der Waals surface area contributed by atoms with Crippen molar-refractivity contribution in [3.8, 4) is 0 Å². The lowest BCUT2D eigenvalue weighted by Crippen LogP contribution is -2.30. The Morgan fingerprint density at radius 1 is 1.17 bits per heavy atom. The molecular formula is C12H10ClF2N3. The van der Waals surface area contributed by atoms with E-state index >= 15 is 0 Å². The van der Waals surface area contributed by atoms with Gasteiger partial charge in [0, 0.05) is 18.8 Å². The van der Waals surface area contributed by atoms with Crippen molar-refractivity contribution in [3.63, 3.8) is 0 Å². The molecule has 3 rings (SSSR count). The van der Waals surface area contributed by atoms with Crippen LogP contribution in [-0.4, -0.2) is 25.5 Å². The van der Waals surface area contributed by atoms with Crippen molar-refractivity contribution in [2.75, 3.05) is 19.6 Å². The van der Waals surface area contributed by atoms with Gasteiger partial charge in [0.15, 0.2) is 0 Å². The molecule has 1 aromatic rings. The molecule has 0 amide bonds. The highest BCUT2D eigenvalue weighted by Gasteiger charge is 2.22. The van der Waals surface area contributed by atoms with Gasteiger partial charge >= 0.3 is 0 Å². The molecule has 0 unspecified atom stereocenters. The van der Waals surface area contributed by atoms with E-state index in [2.05, 4.69) is 15.6 Å². The van der Waals surface area contributed by atoms with Crippen LogP contribution in [0.5, 0.6) is 0 Å². The second-order valence-corrected chi connectivity index (χ2v) is 4.63. The van der Waals surface area contributed by atoms with Crippen LogP contribution in [-0.2, 0) is 0 Å². The smallest absolute Gasteiger partial charge is 0.142 e. The molecule has 1 aromatic carbocycles. The summed E-state index contributed by atoms with van der Waals surface area (Å²) in [5.41, 5.74) is 2.26. The van der Waals surface area contributed by atoms with Crippen molar-refractivity contribution in [2.45, 2.75) is 0 Å². The van der Waals surface area contributed by atoms with E-state index in [1.165, 1.54) is 0 Å². The van der Waals surface area contributed by atoms with Crippen LogP contribution in [0.3, 0.4) is 0 Å². The zero-order chi connectivity index (χ0) is 12.7. The molecule has 0 bridgehead atoms. The summed E-state index contributed by atoms with van der Waals surface area (Å²) in [6.45, 7) is 2.00. The second-order valence-electron chi connectivity index (χ2n) is 4.22. The first kappa shape index (κ1) is 11.6. The molecule has 2 aliphatic rings. The van der Waals surface area contributed by atoms with Crippen molar-refractivity contribution >= 4 is 17.4 Å². The fourth-order valence-corrected chi connectivity index (χ4v) is 2.22. The third-order valence-electron chi connectivity index (χ3n) is 3.03. The van der Waals surface area contributed by atoms with Gasteiger partial charge in [0.05, 0.1) is 17.1 Å². The van der Waals surface area contributed by atoms with Crippen LogP contribution in [0, 0.1) is 11.6 Å². The first-order chi connectivity index (χ1) is 8.65. The minimum Gasteiger partial charge on any atom is -0.342 e. The summed E-state index contributed by atoms with van der Waals surface area (Å²) >= 11 is 5.52. The van der Waals surface area contributed by atoms with Crippen LogP contribution in [0.2, 0.25) is 5.02 Å². The number of amidine groups is 1. The number of nitrogens with zero attached hydrogens (tertiary/aromatic N) is 1. The highest BCUT2D eigenvalue weighted by Crippen LogP contribution is 2.21. The maximum atomic E-state index is 13.8. The number of hydrogen-bond acceptors (Lipinski definition) is 3. The number of nitrogens with one attached hydrogen (secondary N) is 2. The van der Waals surface area contributed by atoms with Gasteiger partial charge in [-0.3, -0.25) is 4.99 Å². The van der Waals surface area contributed by atoms with Crippen molar-refractivity contribution in [2.24, 2.45) is 4.99 Å². The first-order valence-corrected chi connectivity index (χ1v) is 5.91. The zero-order valence-corrected chi connectivity index (χ0v) is 10.1. The summed E-state index contributed by atoms with van der Waals surface area (Å²) < 4.78 is 27.1. The molecule has 94 valence electrons. The molecule has 0 saturated heterocycles. The van der Waals surface area contributed by atoms with Gasteiger partial charge in [-0.2, -0.15) is 0 Å². The van der Waals surface area contributed by atoms with E-state index in [9.17, 15) is 8.78 Å². The maximum Gasteiger partial charge on any atom is 0.142 e. The van der Waals surface area contributed by atoms with Crippen molar-refractivity contribution in [3.05, 3.63) is 45.6 Å². The standard InChI is InChI=1S/C12H10ClF2N3/c13-8-2-9(14)7(1-10(8)15)12-17-4-6-3-16-5-11(6)18-12/h1-2,16H,3-5H2,(H,17,18). The first-order valence-electron chi connectivity index (χ1n) is 5.53. The second kappa shape index (κ2) is 4.33. The van der Waals surface area contributed by atoms with Crippen LogP contribution in [0.15, 0.2) is 28.4 Å². The largest absolute Gasteiger partial charge is 0.342 e. The van der Waals surface area contributed by atoms with Crippen molar-refractivity contribution < 1.29 is 8.78 Å². The van der Waals surface area contributed by atoms with Crippen molar-refractivity contribution in [1.82, 2.24) is 10.6 Å². The van der Waals surface area contributed by atoms with E-state index in [0.29, 0.717) is 18.9 Å². The Labute approximate surface area is 108 Å². The van der Waals surface area contributed by atoms with E-state index in [1.54, 1.807) is 0 Å². The molecular weight excluding hydrogens is 260 g/mol. The summed E-state index contributed by atoms with van der Waals surface area (Å²) in [7, 11) is 0. The van der Waals surface area contributed by atoms with Gasteiger partial charge in [0.2, 0.25) is 0 Å². The number of hydrogen-bond donors (Lipinski definition) is 2. The lowest BCUT2D eigenvalue weighted by molar-refractivity contribution is 0.597. The maximum absolute atomic E-state index is 13.8. The molecule has 18 heavy (non-hydrogen) atoms. The molecule has 0 aromatic heterocycles. The molecule has 2 aliphatic heterocycles. The van der Waals surface area contributed by atoms with E-state index in [0.717, 1.165) is 29.9 Å². The lowest BCUT2D eigenvalue weighted by atomic mass is 10.1. The minimum absolute atomic E-state index is 0.107. The number of halogens is 3. The average molecular weight is 270 g/mol. The normalized spacial score (nSPS) is 18.5. The molecule has 0 fully saturated rings. The summed E-state index contributed by atoms with van der Waals surface area (Å²) in [5, 5.41) is 5.98. The quantitative estimate of drug-likeness (QED) is 0.763. The zero-order valence-electron chi connectivity index (χ0n) is 9.36. The highest BCUT2D eigenvalue weighted by atomic mass is 35.5. The third kappa shape index (κ3) is 1.89. The molecule has 6 heteroatoms. The van der Waals surface area contributed by atoms with Crippen LogP contribution < -0.4 is 10.6 Å². The van der Waals surface area contributed by atoms with Crippen molar-refractivity contribution in [1.29, 1.82) is 0 Å². The van der Waals surface area contributed by atoms with E-state index in [1.807, 2.05) is 0 Å². The predicted octanol–water partition coefficient (Wildman–Crippen LogP) is 1.83. The van der Waals surface area contributed by atoms with E-state index in [4.69, 9.17) is 11.6 Å². The Morgan fingerprint density at radius 3 is 2.83 bits per heavy atom. The Hall–Kier alpha value is -1.46. The van der Waals surface area contributed by atoms with Crippen LogP contribution in [0.4, 0.5) is 8.78 Å². The van der Waals surface area contributed by atoms with Gasteiger partial charge in [-0.25, -0.2) is 8.78 Å². The van der Waals surface area contributed by atoms with Crippen LogP contribution in [0.25, 0.3) is 0 Å². The van der Waals surface area contributed by atoms with Crippen LogP contribution in [0.1, 0.15) is 5.56 Å². The molecule has 3 nitrogen and oxygen atoms in total. The molecule has 2 heterocycles. The summed E-state index contributed by atoms with van der Waals surface area (Å²) in [4.78, 5) is 4.23. The SMILES string of the molecule is Fc1cc(C2=NCC3=C(CNC3)N2)c(F)cc1Cl. The van der Waals surface area contributed by atoms with Gasteiger partial charge in [0.25, 0.3) is 0 Å². The summed E-state index contributed by atoms with van der Waals surface area (Å²) in [6, 6.07) is 2.03. The summed E-state index contributed by atoms with van der Waals surface area (Å²) in [5.74, 6) is -0.880. The number of aliphatic imine (C=N–C) groups is 1. The molecule has 0 atom stereocenters. The molecule has 0 radical (unpaired) electrons. The van der Waals surface area contributed by atoms with E-state index in [-0.39, 0.29) is 10.6 Å². The molecule has 0 aliphatic carbocycles. The lowest BCUT2D eigenvalue weighted by Gasteiger charge is -2.17. The fraction of sp³-hybridized carbons (Fsp3) is 0.250. The Balaban J connectivity index is 1.95. The summed E-state index contributed by atoms with van der Waals surface area (Å²) in [6.07, 6.45) is 0. The number of benzene rings is 1. The third-order valence-corrected chi connectivity index (χ3v) is 3.32. The van der Waals surface area contributed by atoms with Gasteiger partial charge in [-0.15, -0.1) is 0 Å². The van der Waals surface area contributed by atoms with Crippen LogP contribution >= 0.6 is 11.6 Å². The van der Waals surface area contributed by atoms with Gasteiger partial charge < -0.3 is 10.6 Å².